The van der Waals surface area contributed by atoms with Gasteiger partial charge in [-0.1, -0.05) is 12.1 Å². The van der Waals surface area contributed by atoms with E-state index in [9.17, 15) is 4.79 Å². The average Bonchev–Trinajstić information content (AvgIpc) is 3.38. The van der Waals surface area contributed by atoms with Gasteiger partial charge in [0, 0.05) is 29.8 Å². The van der Waals surface area contributed by atoms with Crippen molar-refractivity contribution in [1.82, 2.24) is 19.8 Å². The molecular weight excluding hydrogens is 396 g/mol. The van der Waals surface area contributed by atoms with Gasteiger partial charge < -0.3 is 19.5 Å². The molecule has 1 N–H and O–H groups in total. The fraction of sp³-hybridized carbons (Fsp3) is 0.261. The molecular formula is C23H24N4O2S. The van der Waals surface area contributed by atoms with Crippen molar-refractivity contribution in [3.63, 3.8) is 0 Å². The number of ether oxygens (including phenoxy) is 1. The van der Waals surface area contributed by atoms with Crippen LogP contribution in [0.3, 0.4) is 0 Å². The monoisotopic (exact) mass is 420 g/mol. The molecule has 1 aromatic carbocycles. The van der Waals surface area contributed by atoms with E-state index < -0.39 is 0 Å². The van der Waals surface area contributed by atoms with Crippen LogP contribution >= 0.6 is 12.2 Å². The molecule has 6 nitrogen and oxygen atoms in total. The Morgan fingerprint density at radius 2 is 2.00 bits per heavy atom. The molecule has 3 heterocycles. The summed E-state index contributed by atoms with van der Waals surface area (Å²) in [4.78, 5) is 18.8. The van der Waals surface area contributed by atoms with Crippen molar-refractivity contribution in [2.75, 3.05) is 7.11 Å². The number of rotatable bonds is 5. The van der Waals surface area contributed by atoms with Crippen molar-refractivity contribution in [2.24, 2.45) is 0 Å². The van der Waals surface area contributed by atoms with Gasteiger partial charge in [-0.15, -0.1) is 0 Å². The van der Waals surface area contributed by atoms with Crippen LogP contribution in [0, 0.1) is 0 Å². The van der Waals surface area contributed by atoms with Gasteiger partial charge in [-0.2, -0.15) is 0 Å². The predicted octanol–water partition coefficient (Wildman–Crippen LogP) is 4.04. The molecule has 0 saturated carbocycles. The number of nitrogens with one attached hydrogen (secondary N) is 1. The Morgan fingerprint density at radius 1 is 1.17 bits per heavy atom. The number of thiocarbonyl (C=S) groups is 1. The number of nitrogens with zero attached hydrogens (tertiary/aromatic N) is 3. The van der Waals surface area contributed by atoms with Gasteiger partial charge in [0.2, 0.25) is 0 Å². The Bertz CT molecular complexity index is 1060. The number of aromatic nitrogens is 2. The normalized spacial score (nSPS) is 18.5. The van der Waals surface area contributed by atoms with Crippen LogP contribution in [0.25, 0.3) is 5.69 Å². The van der Waals surface area contributed by atoms with Gasteiger partial charge in [-0.3, -0.25) is 4.98 Å². The maximum absolute atomic E-state index is 12.0. The van der Waals surface area contributed by atoms with Gasteiger partial charge in [0.05, 0.1) is 30.5 Å². The minimum Gasteiger partial charge on any atom is -0.465 e. The molecule has 0 aliphatic carbocycles. The number of benzene rings is 1. The number of pyridine rings is 1. The lowest BCUT2D eigenvalue weighted by molar-refractivity contribution is 0.0600. The largest absolute Gasteiger partial charge is 0.465 e. The SMILES string of the molecule is COC(=O)c1cccc(-n2cccc2[C@@H]2[C@H](c3ccccn3)NC(=S)N2C(C)C)c1. The molecule has 1 aliphatic heterocycles. The van der Waals surface area contributed by atoms with Gasteiger partial charge in [0.15, 0.2) is 5.11 Å². The molecule has 1 aliphatic rings. The van der Waals surface area contributed by atoms with Gasteiger partial charge in [-0.25, -0.2) is 4.79 Å². The van der Waals surface area contributed by atoms with Crippen LogP contribution in [-0.2, 0) is 4.74 Å². The summed E-state index contributed by atoms with van der Waals surface area (Å²) >= 11 is 5.69. The molecule has 0 unspecified atom stereocenters. The molecule has 1 saturated heterocycles. The second kappa shape index (κ2) is 8.28. The van der Waals surface area contributed by atoms with Crippen molar-refractivity contribution in [2.45, 2.75) is 32.0 Å². The van der Waals surface area contributed by atoms with E-state index in [1.54, 1.807) is 12.3 Å². The van der Waals surface area contributed by atoms with Crippen LogP contribution in [0.5, 0.6) is 0 Å². The molecule has 30 heavy (non-hydrogen) atoms. The summed E-state index contributed by atoms with van der Waals surface area (Å²) in [6.07, 6.45) is 3.80. The Kier molecular flexibility index (Phi) is 5.55. The number of methoxy groups -OCH3 is 1. The van der Waals surface area contributed by atoms with Crippen molar-refractivity contribution in [1.29, 1.82) is 0 Å². The van der Waals surface area contributed by atoms with Gasteiger partial charge in [0.25, 0.3) is 0 Å². The Balaban J connectivity index is 1.82. The Labute approximate surface area is 181 Å². The summed E-state index contributed by atoms with van der Waals surface area (Å²) in [5.74, 6) is -0.357. The first-order valence-electron chi connectivity index (χ1n) is 9.87. The number of esters is 1. The smallest absolute Gasteiger partial charge is 0.337 e. The fourth-order valence-corrected chi connectivity index (χ4v) is 4.46. The number of carbonyl (C=O) groups excluding carboxylic acids is 1. The second-order valence-electron chi connectivity index (χ2n) is 7.47. The predicted molar refractivity (Wildman–Crippen MR) is 120 cm³/mol. The maximum Gasteiger partial charge on any atom is 0.337 e. The van der Waals surface area contributed by atoms with Crippen LogP contribution in [-0.4, -0.2) is 38.7 Å². The van der Waals surface area contributed by atoms with E-state index >= 15 is 0 Å². The minimum atomic E-state index is -0.357. The summed E-state index contributed by atoms with van der Waals surface area (Å²) in [6.45, 7) is 4.26. The van der Waals surface area contributed by atoms with E-state index in [2.05, 4.69) is 39.7 Å². The van der Waals surface area contributed by atoms with E-state index in [-0.39, 0.29) is 24.1 Å². The lowest BCUT2D eigenvalue weighted by atomic mass is 10.00. The topological polar surface area (TPSA) is 59.4 Å². The highest BCUT2D eigenvalue weighted by molar-refractivity contribution is 7.80. The molecule has 1 fully saturated rings. The van der Waals surface area contributed by atoms with Crippen molar-refractivity contribution in [3.05, 3.63) is 83.9 Å². The van der Waals surface area contributed by atoms with Gasteiger partial charge in [0.1, 0.15) is 0 Å². The van der Waals surface area contributed by atoms with E-state index in [1.165, 1.54) is 7.11 Å². The van der Waals surface area contributed by atoms with E-state index in [1.807, 2.05) is 48.7 Å². The maximum atomic E-state index is 12.0. The lowest BCUT2D eigenvalue weighted by Gasteiger charge is -2.31. The third-order valence-corrected chi connectivity index (χ3v) is 5.65. The van der Waals surface area contributed by atoms with Crippen molar-refractivity contribution < 1.29 is 9.53 Å². The molecule has 7 heteroatoms. The van der Waals surface area contributed by atoms with Crippen LogP contribution in [0.4, 0.5) is 0 Å². The molecule has 2 atom stereocenters. The van der Waals surface area contributed by atoms with Gasteiger partial charge >= 0.3 is 5.97 Å². The molecule has 3 aromatic rings. The third-order valence-electron chi connectivity index (χ3n) is 5.32. The zero-order valence-corrected chi connectivity index (χ0v) is 18.0. The summed E-state index contributed by atoms with van der Waals surface area (Å²) < 4.78 is 6.98. The third kappa shape index (κ3) is 3.57. The highest BCUT2D eigenvalue weighted by Crippen LogP contribution is 2.40. The summed E-state index contributed by atoms with van der Waals surface area (Å²) in [7, 11) is 1.39. The fourth-order valence-electron chi connectivity index (χ4n) is 4.01. The first kappa shape index (κ1) is 20.1. The molecule has 2 aromatic heterocycles. The Hall–Kier alpha value is -3.19. The molecule has 0 bridgehead atoms. The number of carbonyl (C=O) groups is 1. The number of hydrogen-bond acceptors (Lipinski definition) is 4. The van der Waals surface area contributed by atoms with Crippen LogP contribution in [0.1, 0.15) is 47.7 Å². The van der Waals surface area contributed by atoms with E-state index in [0.29, 0.717) is 10.7 Å². The first-order chi connectivity index (χ1) is 14.5. The van der Waals surface area contributed by atoms with Crippen molar-refractivity contribution in [3.8, 4) is 5.69 Å². The summed E-state index contributed by atoms with van der Waals surface area (Å²) in [6, 6.07) is 17.5. The van der Waals surface area contributed by atoms with Crippen LogP contribution < -0.4 is 5.32 Å². The minimum absolute atomic E-state index is 0.0517. The van der Waals surface area contributed by atoms with Crippen LogP contribution in [0.15, 0.2) is 67.0 Å². The number of hydrogen-bond donors (Lipinski definition) is 1. The molecule has 0 radical (unpaired) electrons. The molecule has 0 amide bonds. The first-order valence-corrected chi connectivity index (χ1v) is 10.3. The van der Waals surface area contributed by atoms with Crippen LogP contribution in [0.2, 0.25) is 0 Å². The second-order valence-corrected chi connectivity index (χ2v) is 7.86. The zero-order chi connectivity index (χ0) is 21.3. The lowest BCUT2D eigenvalue weighted by Crippen LogP contribution is -2.36. The average molecular weight is 421 g/mol. The molecule has 4 rings (SSSR count). The summed E-state index contributed by atoms with van der Waals surface area (Å²) in [5, 5.41) is 4.17. The van der Waals surface area contributed by atoms with Crippen molar-refractivity contribution >= 4 is 23.3 Å². The van der Waals surface area contributed by atoms with E-state index in [0.717, 1.165) is 17.1 Å². The standard InChI is InChI=1S/C23H24N4O2S/c1-15(2)27-21(20(25-23(27)30)18-10-4-5-12-24-18)19-11-7-13-26(19)17-9-6-8-16(14-17)22(28)29-3/h4-15,20-21H,1-3H3,(H,25,30)/t20-,21+/m0/s1. The molecule has 0 spiro atoms. The highest BCUT2D eigenvalue weighted by Gasteiger charge is 2.42. The quantitative estimate of drug-likeness (QED) is 0.497. The van der Waals surface area contributed by atoms with Gasteiger partial charge in [-0.05, 0) is 68.5 Å². The Morgan fingerprint density at radius 3 is 2.70 bits per heavy atom. The zero-order valence-electron chi connectivity index (χ0n) is 17.1. The summed E-state index contributed by atoms with van der Waals surface area (Å²) in [5.41, 5.74) is 3.40. The highest BCUT2D eigenvalue weighted by atomic mass is 32.1. The van der Waals surface area contributed by atoms with E-state index in [4.69, 9.17) is 17.0 Å². The molecule has 154 valence electrons.